The molecule has 10 heteroatoms. The van der Waals surface area contributed by atoms with Gasteiger partial charge in [-0.15, -0.1) is 0 Å². The first kappa shape index (κ1) is 17.1. The second kappa shape index (κ2) is 7.86. The van der Waals surface area contributed by atoms with Crippen LogP contribution in [0.5, 0.6) is 0 Å². The van der Waals surface area contributed by atoms with Crippen LogP contribution in [-0.2, 0) is 11.3 Å². The van der Waals surface area contributed by atoms with Crippen LogP contribution in [0.3, 0.4) is 0 Å². The summed E-state index contributed by atoms with van der Waals surface area (Å²) in [6.07, 6.45) is 0.462. The van der Waals surface area contributed by atoms with Crippen LogP contribution < -0.4 is 0 Å². The van der Waals surface area contributed by atoms with Crippen LogP contribution in [0.2, 0.25) is 0 Å². The van der Waals surface area contributed by atoms with Crippen molar-refractivity contribution in [3.05, 3.63) is 22.1 Å². The van der Waals surface area contributed by atoms with E-state index in [1.54, 1.807) is 6.92 Å². The van der Waals surface area contributed by atoms with E-state index in [4.69, 9.17) is 17.0 Å². The summed E-state index contributed by atoms with van der Waals surface area (Å²) in [6, 6.07) is 0. The monoisotopic (exact) mass is 346 g/mol. The number of hydrogen-bond acceptors (Lipinski definition) is 7. The summed E-state index contributed by atoms with van der Waals surface area (Å²) in [6.45, 7) is 4.63. The van der Waals surface area contributed by atoms with Gasteiger partial charge in [-0.2, -0.15) is 0 Å². The van der Waals surface area contributed by atoms with Gasteiger partial charge in [-0.1, -0.05) is 24.0 Å². The SMILES string of the molecule is Cc1ncc([N+](=O)[O-])n1CC(O)CSC(=S)N1CCOCC1. The third-order valence-electron chi connectivity index (χ3n) is 3.28. The number of hydrogen-bond donors (Lipinski definition) is 1. The Hall–Kier alpha value is -1.23. The largest absolute Gasteiger partial charge is 0.388 e. The van der Waals surface area contributed by atoms with Crippen LogP contribution in [0.4, 0.5) is 5.82 Å². The number of nitrogens with zero attached hydrogens (tertiary/aromatic N) is 4. The van der Waals surface area contributed by atoms with Crippen LogP contribution in [0, 0.1) is 17.0 Å². The van der Waals surface area contributed by atoms with Crippen molar-refractivity contribution in [1.29, 1.82) is 0 Å². The van der Waals surface area contributed by atoms with E-state index in [0.29, 0.717) is 24.8 Å². The number of rotatable bonds is 5. The summed E-state index contributed by atoms with van der Waals surface area (Å²) >= 11 is 6.71. The maximum Gasteiger partial charge on any atom is 0.342 e. The van der Waals surface area contributed by atoms with Crippen molar-refractivity contribution in [2.24, 2.45) is 0 Å². The van der Waals surface area contributed by atoms with E-state index >= 15 is 0 Å². The summed E-state index contributed by atoms with van der Waals surface area (Å²) in [5.74, 6) is 0.772. The lowest BCUT2D eigenvalue weighted by molar-refractivity contribution is -0.392. The normalized spacial score (nSPS) is 16.5. The molecular weight excluding hydrogens is 328 g/mol. The Bertz CT molecular complexity index is 545. The fourth-order valence-electron chi connectivity index (χ4n) is 2.10. The minimum Gasteiger partial charge on any atom is -0.388 e. The van der Waals surface area contributed by atoms with Gasteiger partial charge in [-0.25, -0.2) is 9.55 Å². The summed E-state index contributed by atoms with van der Waals surface area (Å²) in [5.41, 5.74) is 0. The van der Waals surface area contributed by atoms with Crippen LogP contribution in [0.25, 0.3) is 0 Å². The van der Waals surface area contributed by atoms with Gasteiger partial charge in [-0.3, -0.25) is 0 Å². The highest BCUT2D eigenvalue weighted by molar-refractivity contribution is 8.22. The second-order valence-electron chi connectivity index (χ2n) is 4.86. The number of morpholine rings is 1. The van der Waals surface area contributed by atoms with Crippen molar-refractivity contribution in [3.63, 3.8) is 0 Å². The zero-order valence-corrected chi connectivity index (χ0v) is 13.8. The van der Waals surface area contributed by atoms with Crippen LogP contribution in [0.1, 0.15) is 5.82 Å². The number of aromatic nitrogens is 2. The van der Waals surface area contributed by atoms with Crippen LogP contribution in [0.15, 0.2) is 6.20 Å². The van der Waals surface area contributed by atoms with E-state index in [-0.39, 0.29) is 12.4 Å². The average molecular weight is 346 g/mol. The minimum atomic E-state index is -0.740. The lowest BCUT2D eigenvalue weighted by Gasteiger charge is -2.28. The van der Waals surface area contributed by atoms with E-state index in [9.17, 15) is 15.2 Å². The fraction of sp³-hybridized carbons (Fsp3) is 0.667. The Labute approximate surface area is 137 Å². The van der Waals surface area contributed by atoms with Gasteiger partial charge >= 0.3 is 5.82 Å². The molecule has 22 heavy (non-hydrogen) atoms. The molecule has 1 aliphatic heterocycles. The Morgan fingerprint density at radius 3 is 2.95 bits per heavy atom. The molecule has 1 atom stereocenters. The van der Waals surface area contributed by atoms with Gasteiger partial charge in [0.2, 0.25) is 0 Å². The number of aliphatic hydroxyl groups is 1. The molecule has 0 radical (unpaired) electrons. The average Bonchev–Trinajstić information content (AvgIpc) is 2.87. The highest BCUT2D eigenvalue weighted by Crippen LogP contribution is 2.17. The van der Waals surface area contributed by atoms with Crippen molar-refractivity contribution < 1.29 is 14.8 Å². The maximum absolute atomic E-state index is 10.9. The third-order valence-corrected chi connectivity index (χ3v) is 4.95. The summed E-state index contributed by atoms with van der Waals surface area (Å²) < 4.78 is 7.39. The van der Waals surface area contributed by atoms with E-state index in [0.717, 1.165) is 17.4 Å². The first-order valence-corrected chi connectivity index (χ1v) is 8.22. The van der Waals surface area contributed by atoms with E-state index in [2.05, 4.69) is 4.98 Å². The molecule has 1 aromatic rings. The molecule has 8 nitrogen and oxygen atoms in total. The van der Waals surface area contributed by atoms with Gasteiger partial charge in [0.25, 0.3) is 0 Å². The molecule has 122 valence electrons. The van der Waals surface area contributed by atoms with Crippen molar-refractivity contribution in [1.82, 2.24) is 14.5 Å². The Morgan fingerprint density at radius 1 is 1.64 bits per heavy atom. The molecule has 0 bridgehead atoms. The number of aliphatic hydroxyl groups excluding tert-OH is 1. The fourth-order valence-corrected chi connectivity index (χ4v) is 3.29. The molecule has 1 N–H and O–H groups in total. The zero-order valence-electron chi connectivity index (χ0n) is 12.2. The third kappa shape index (κ3) is 4.38. The molecule has 2 rings (SSSR count). The van der Waals surface area contributed by atoms with Gasteiger partial charge < -0.3 is 24.9 Å². The molecule has 2 heterocycles. The molecule has 1 aromatic heterocycles. The standard InChI is InChI=1S/C12H18N4O4S2/c1-9-13-6-11(16(18)19)15(9)7-10(17)8-22-12(21)14-2-4-20-5-3-14/h6,10,17H,2-5,7-8H2,1H3. The number of nitro groups is 1. The van der Waals surface area contributed by atoms with E-state index in [1.165, 1.54) is 22.5 Å². The molecule has 1 unspecified atom stereocenters. The van der Waals surface area contributed by atoms with Crippen LogP contribution in [-0.4, -0.2) is 67.0 Å². The first-order chi connectivity index (χ1) is 10.5. The lowest BCUT2D eigenvalue weighted by Crippen LogP contribution is -2.39. The minimum absolute atomic E-state index is 0.114. The summed E-state index contributed by atoms with van der Waals surface area (Å²) in [7, 11) is 0. The summed E-state index contributed by atoms with van der Waals surface area (Å²) in [5, 5.41) is 21.0. The van der Waals surface area contributed by atoms with Gasteiger partial charge in [-0.05, 0) is 4.92 Å². The van der Waals surface area contributed by atoms with Gasteiger partial charge in [0.1, 0.15) is 23.2 Å². The Morgan fingerprint density at radius 2 is 2.32 bits per heavy atom. The predicted octanol–water partition coefficient (Wildman–Crippen LogP) is 0.811. The highest BCUT2D eigenvalue weighted by Gasteiger charge is 2.22. The van der Waals surface area contributed by atoms with Crippen LogP contribution >= 0.6 is 24.0 Å². The van der Waals surface area contributed by atoms with E-state index in [1.807, 2.05) is 4.90 Å². The van der Waals surface area contributed by atoms with Crippen molar-refractivity contribution in [3.8, 4) is 0 Å². The molecular formula is C12H18N4O4S2. The molecule has 0 saturated carbocycles. The molecule has 0 aliphatic carbocycles. The Balaban J connectivity index is 1.85. The molecule has 0 amide bonds. The molecule has 1 aliphatic rings. The molecule has 0 spiro atoms. The first-order valence-electron chi connectivity index (χ1n) is 6.83. The zero-order chi connectivity index (χ0) is 16.1. The van der Waals surface area contributed by atoms with Gasteiger partial charge in [0, 0.05) is 25.8 Å². The predicted molar refractivity (Wildman–Crippen MR) is 87.1 cm³/mol. The topological polar surface area (TPSA) is 93.7 Å². The number of thiocarbonyl (C=S) groups is 1. The van der Waals surface area contributed by atoms with Crippen molar-refractivity contribution in [2.45, 2.75) is 19.6 Å². The maximum atomic E-state index is 10.9. The smallest absolute Gasteiger partial charge is 0.342 e. The molecule has 1 saturated heterocycles. The summed E-state index contributed by atoms with van der Waals surface area (Å²) in [4.78, 5) is 16.4. The number of ether oxygens (including phenoxy) is 1. The molecule has 1 fully saturated rings. The van der Waals surface area contributed by atoms with Gasteiger partial charge in [0.05, 0.1) is 13.2 Å². The number of aryl methyl sites for hydroxylation is 1. The van der Waals surface area contributed by atoms with E-state index < -0.39 is 11.0 Å². The van der Waals surface area contributed by atoms with Crippen molar-refractivity contribution >= 4 is 34.1 Å². The lowest BCUT2D eigenvalue weighted by atomic mass is 10.4. The van der Waals surface area contributed by atoms with Gasteiger partial charge in [0.15, 0.2) is 5.82 Å². The second-order valence-corrected chi connectivity index (χ2v) is 6.52. The number of thioether (sulfide) groups is 1. The highest BCUT2D eigenvalue weighted by atomic mass is 32.2. The number of imidazole rings is 1. The van der Waals surface area contributed by atoms with Crippen molar-refractivity contribution in [2.75, 3.05) is 32.1 Å². The quantitative estimate of drug-likeness (QED) is 0.476. The Kier molecular flexibility index (Phi) is 6.12. The molecule has 0 aromatic carbocycles.